The predicted octanol–water partition coefficient (Wildman–Crippen LogP) is 5.29. The van der Waals surface area contributed by atoms with E-state index in [-0.39, 0.29) is 17.1 Å². The monoisotopic (exact) mass is 450 g/mol. The molecule has 5 nitrogen and oxygen atoms in total. The molecule has 0 aliphatic heterocycles. The smallest absolute Gasteiger partial charge is 0.154 e. The Balaban J connectivity index is 1.79. The average molecular weight is 451 g/mol. The molecule has 3 aliphatic carbocycles. The number of hydrogen-bond donors (Lipinski definition) is 0. The lowest BCUT2D eigenvalue weighted by atomic mass is 9.55. The van der Waals surface area contributed by atoms with E-state index in [0.717, 1.165) is 42.6 Å². The molecule has 1 aromatic rings. The zero-order valence-electron chi connectivity index (χ0n) is 20.0. The molecular formula is C25H38O5S. The van der Waals surface area contributed by atoms with Gasteiger partial charge in [-0.2, -0.15) is 0 Å². The molecule has 0 N–H and O–H groups in total. The Morgan fingerprint density at radius 3 is 2.35 bits per heavy atom. The number of benzene rings is 1. The Labute approximate surface area is 187 Å². The summed E-state index contributed by atoms with van der Waals surface area (Å²) in [6.45, 7) is 8.77. The molecule has 0 radical (unpaired) electrons. The molecule has 2 fully saturated rings. The molecule has 6 heteroatoms. The molecule has 4 rings (SSSR count). The molecule has 174 valence electrons. The summed E-state index contributed by atoms with van der Waals surface area (Å²) in [7, 11) is 0.0107. The van der Waals surface area contributed by atoms with Crippen molar-refractivity contribution >= 4 is 9.84 Å². The van der Waals surface area contributed by atoms with Gasteiger partial charge >= 0.3 is 0 Å². The molecule has 2 saturated carbocycles. The van der Waals surface area contributed by atoms with Crippen LogP contribution in [0.2, 0.25) is 0 Å². The number of rotatable bonds is 4. The third-order valence-corrected chi connectivity index (χ3v) is 9.65. The lowest BCUT2D eigenvalue weighted by Crippen LogP contribution is -2.47. The van der Waals surface area contributed by atoms with E-state index in [1.54, 1.807) is 14.2 Å². The summed E-state index contributed by atoms with van der Waals surface area (Å²) in [6.07, 6.45) is 6.56. The van der Waals surface area contributed by atoms with Crippen molar-refractivity contribution < 1.29 is 22.6 Å². The Bertz CT molecular complexity index is 947. The second-order valence-electron chi connectivity index (χ2n) is 11.1. The standard InChI is InChI=1S/C25H38O5S/c1-24(2,3)30-22-9-8-19-17-14-21(31(7,26)27)18-12-15(28-5)13-20(29-6)23(18)16(17)10-11-25(19,22)4/h12-13,16-17,19,21-22H,8-11,14H2,1-7H3/t16-,17+,19-,21+,22-,25-/m0/s1. The number of hydrogen-bond acceptors (Lipinski definition) is 5. The summed E-state index contributed by atoms with van der Waals surface area (Å²) in [4.78, 5) is 0. The summed E-state index contributed by atoms with van der Waals surface area (Å²) in [5.74, 6) is 2.52. The van der Waals surface area contributed by atoms with Crippen LogP contribution < -0.4 is 9.47 Å². The number of methoxy groups -OCH3 is 2. The Kier molecular flexibility index (Phi) is 5.65. The zero-order chi connectivity index (χ0) is 22.8. The molecule has 0 aromatic heterocycles. The van der Waals surface area contributed by atoms with Gasteiger partial charge in [-0.15, -0.1) is 0 Å². The van der Waals surface area contributed by atoms with Crippen LogP contribution in [0.5, 0.6) is 11.5 Å². The highest BCUT2D eigenvalue weighted by atomic mass is 32.2. The van der Waals surface area contributed by atoms with Crippen LogP contribution >= 0.6 is 0 Å². The molecule has 0 spiro atoms. The van der Waals surface area contributed by atoms with E-state index in [0.29, 0.717) is 29.9 Å². The molecule has 0 heterocycles. The van der Waals surface area contributed by atoms with E-state index in [1.165, 1.54) is 6.26 Å². The van der Waals surface area contributed by atoms with Gasteiger partial charge in [0.1, 0.15) is 11.5 Å². The van der Waals surface area contributed by atoms with Crippen LogP contribution in [0.4, 0.5) is 0 Å². The first-order valence-corrected chi connectivity index (χ1v) is 13.5. The maximum atomic E-state index is 12.9. The van der Waals surface area contributed by atoms with Crippen molar-refractivity contribution in [3.05, 3.63) is 23.3 Å². The Morgan fingerprint density at radius 1 is 1.06 bits per heavy atom. The van der Waals surface area contributed by atoms with E-state index in [4.69, 9.17) is 14.2 Å². The summed E-state index contributed by atoms with van der Waals surface area (Å²) in [5.41, 5.74) is 1.89. The normalized spacial score (nSPS) is 35.1. The third-order valence-electron chi connectivity index (χ3n) is 8.17. The van der Waals surface area contributed by atoms with Gasteiger partial charge < -0.3 is 14.2 Å². The van der Waals surface area contributed by atoms with Crippen LogP contribution in [0.1, 0.15) is 82.1 Å². The molecule has 0 saturated heterocycles. The summed E-state index contributed by atoms with van der Waals surface area (Å²) >= 11 is 0. The lowest BCUT2D eigenvalue weighted by Gasteiger charge is -2.52. The fourth-order valence-electron chi connectivity index (χ4n) is 6.90. The highest BCUT2D eigenvalue weighted by Crippen LogP contribution is 2.65. The van der Waals surface area contributed by atoms with Crippen LogP contribution in [0.25, 0.3) is 0 Å². The Hall–Kier alpha value is -1.27. The van der Waals surface area contributed by atoms with Crippen molar-refractivity contribution in [2.45, 2.75) is 82.7 Å². The maximum absolute atomic E-state index is 12.9. The van der Waals surface area contributed by atoms with E-state index in [1.807, 2.05) is 12.1 Å². The van der Waals surface area contributed by atoms with E-state index >= 15 is 0 Å². The van der Waals surface area contributed by atoms with Gasteiger partial charge in [-0.1, -0.05) is 6.92 Å². The van der Waals surface area contributed by atoms with Crippen LogP contribution in [0.15, 0.2) is 12.1 Å². The van der Waals surface area contributed by atoms with Crippen LogP contribution in [-0.2, 0) is 14.6 Å². The maximum Gasteiger partial charge on any atom is 0.154 e. The average Bonchev–Trinajstić information content (AvgIpc) is 3.00. The third kappa shape index (κ3) is 3.88. The molecule has 1 aromatic carbocycles. The van der Waals surface area contributed by atoms with Gasteiger partial charge in [-0.25, -0.2) is 8.42 Å². The van der Waals surface area contributed by atoms with Gasteiger partial charge in [-0.3, -0.25) is 0 Å². The van der Waals surface area contributed by atoms with Gasteiger partial charge in [0.15, 0.2) is 9.84 Å². The molecule has 0 bridgehead atoms. The van der Waals surface area contributed by atoms with Crippen molar-refractivity contribution in [1.82, 2.24) is 0 Å². The fourth-order valence-corrected chi connectivity index (χ4v) is 8.13. The molecular weight excluding hydrogens is 412 g/mol. The molecule has 3 aliphatic rings. The van der Waals surface area contributed by atoms with Gasteiger partial charge in [-0.05, 0) is 87.7 Å². The predicted molar refractivity (Wildman–Crippen MR) is 123 cm³/mol. The van der Waals surface area contributed by atoms with Crippen LogP contribution in [-0.4, -0.2) is 40.6 Å². The van der Waals surface area contributed by atoms with Gasteiger partial charge in [0.2, 0.25) is 0 Å². The number of sulfone groups is 1. The number of fused-ring (bicyclic) bond motifs is 5. The van der Waals surface area contributed by atoms with Crippen LogP contribution in [0, 0.1) is 17.3 Å². The minimum Gasteiger partial charge on any atom is -0.497 e. The SMILES string of the molecule is COc1cc(OC)c2c(c1)[C@H](S(C)(=O)=O)C[C@@H]1[C@@H]2CC[C@]2(C)[C@@H](OC(C)(C)C)CC[C@@H]12. The second kappa shape index (κ2) is 7.65. The Morgan fingerprint density at radius 2 is 1.77 bits per heavy atom. The highest BCUT2D eigenvalue weighted by Gasteiger charge is 2.58. The van der Waals surface area contributed by atoms with E-state index in [9.17, 15) is 8.42 Å². The summed E-state index contributed by atoms with van der Waals surface area (Å²) < 4.78 is 43.7. The fraction of sp³-hybridized carbons (Fsp3) is 0.760. The quantitative estimate of drug-likeness (QED) is 0.624. The van der Waals surface area contributed by atoms with Crippen molar-refractivity contribution in [3.8, 4) is 11.5 Å². The van der Waals surface area contributed by atoms with Crippen molar-refractivity contribution in [2.24, 2.45) is 17.3 Å². The van der Waals surface area contributed by atoms with Crippen molar-refractivity contribution in [3.63, 3.8) is 0 Å². The largest absolute Gasteiger partial charge is 0.497 e. The first-order chi connectivity index (χ1) is 14.4. The molecule has 0 amide bonds. The lowest BCUT2D eigenvalue weighted by molar-refractivity contribution is -0.125. The summed E-state index contributed by atoms with van der Waals surface area (Å²) in [5, 5.41) is -0.516. The van der Waals surface area contributed by atoms with Crippen LogP contribution in [0.3, 0.4) is 0 Å². The van der Waals surface area contributed by atoms with Gasteiger partial charge in [0.25, 0.3) is 0 Å². The minimum absolute atomic E-state index is 0.0910. The van der Waals surface area contributed by atoms with E-state index < -0.39 is 15.1 Å². The topological polar surface area (TPSA) is 61.8 Å². The van der Waals surface area contributed by atoms with Crippen molar-refractivity contribution in [2.75, 3.05) is 20.5 Å². The minimum atomic E-state index is -3.27. The summed E-state index contributed by atoms with van der Waals surface area (Å²) in [6, 6.07) is 3.84. The highest BCUT2D eigenvalue weighted by molar-refractivity contribution is 7.90. The first-order valence-electron chi connectivity index (χ1n) is 11.5. The molecule has 0 unspecified atom stereocenters. The molecule has 31 heavy (non-hydrogen) atoms. The van der Waals surface area contributed by atoms with Crippen molar-refractivity contribution in [1.29, 1.82) is 0 Å². The van der Waals surface area contributed by atoms with Gasteiger partial charge in [0.05, 0.1) is 31.2 Å². The number of ether oxygens (including phenoxy) is 3. The van der Waals surface area contributed by atoms with E-state index in [2.05, 4.69) is 27.7 Å². The first kappa shape index (κ1) is 22.9. The zero-order valence-corrected chi connectivity index (χ0v) is 20.8. The second-order valence-corrected chi connectivity index (χ2v) is 13.3. The molecule has 6 atom stereocenters. The van der Waals surface area contributed by atoms with Gasteiger partial charge in [0, 0.05) is 17.9 Å².